The molecule has 2 rings (SSSR count). The van der Waals surface area contributed by atoms with E-state index in [0.29, 0.717) is 12.8 Å². The van der Waals surface area contributed by atoms with Crippen LogP contribution < -0.4 is 0 Å². The van der Waals surface area contributed by atoms with Gasteiger partial charge in [0.05, 0.1) is 19.8 Å². The van der Waals surface area contributed by atoms with Crippen LogP contribution in [0.5, 0.6) is 0 Å². The minimum absolute atomic E-state index is 0.154. The highest BCUT2D eigenvalue weighted by atomic mass is 16.7. The van der Waals surface area contributed by atoms with Crippen molar-refractivity contribution in [1.82, 2.24) is 0 Å². The average molecular weight is 1020 g/mol. The minimum Gasteiger partial charge on any atom is -0.462 e. The van der Waals surface area contributed by atoms with Gasteiger partial charge in [0.25, 0.3) is 0 Å². The summed E-state index contributed by atoms with van der Waals surface area (Å²) in [5.74, 6) is -0.974. The first-order chi connectivity index (χ1) is 35.0. The Morgan fingerprint density at radius 3 is 1.42 bits per heavy atom. The molecule has 7 N–H and O–H groups in total. The lowest BCUT2D eigenvalue weighted by atomic mass is 9.98. The maximum atomic E-state index is 13.1. The molecule has 0 aliphatic carbocycles. The van der Waals surface area contributed by atoms with Crippen molar-refractivity contribution in [2.75, 3.05) is 26.4 Å². The first kappa shape index (κ1) is 65.3. The number of rotatable bonds is 43. The van der Waals surface area contributed by atoms with Gasteiger partial charge in [-0.2, -0.15) is 0 Å². The van der Waals surface area contributed by atoms with Gasteiger partial charge in [0.2, 0.25) is 0 Å². The molecule has 0 amide bonds. The topological polar surface area (TPSA) is 231 Å². The second kappa shape index (κ2) is 43.4. The minimum atomic E-state index is -1.77. The lowest BCUT2D eigenvalue weighted by molar-refractivity contribution is -0.332. The monoisotopic (exact) mass is 1020 g/mol. The van der Waals surface area contributed by atoms with Gasteiger partial charge in [-0.1, -0.05) is 164 Å². The summed E-state index contributed by atoms with van der Waals surface area (Å²) in [6.45, 7) is 2.44. The molecule has 4 unspecified atom stereocenters. The Kier molecular flexibility index (Phi) is 39.4. The second-order valence-electron chi connectivity index (χ2n) is 19.4. The Labute approximate surface area is 432 Å². The summed E-state index contributed by atoms with van der Waals surface area (Å²) in [5, 5.41) is 72.2. The summed E-state index contributed by atoms with van der Waals surface area (Å²) in [7, 11) is 0. The van der Waals surface area contributed by atoms with Crippen LogP contribution in [0.1, 0.15) is 194 Å². The van der Waals surface area contributed by atoms with E-state index >= 15 is 0 Å². The Balaban J connectivity index is 1.78. The van der Waals surface area contributed by atoms with Crippen LogP contribution >= 0.6 is 0 Å². The van der Waals surface area contributed by atoms with E-state index in [2.05, 4.69) is 74.6 Å². The average Bonchev–Trinajstić information content (AvgIpc) is 3.37. The number of carbonyl (C=O) groups is 2. The quantitative estimate of drug-likeness (QED) is 0.0172. The number of aliphatic hydroxyl groups is 7. The van der Waals surface area contributed by atoms with E-state index in [-0.39, 0.29) is 19.4 Å². The van der Waals surface area contributed by atoms with E-state index in [0.717, 1.165) is 57.8 Å². The fourth-order valence-corrected chi connectivity index (χ4v) is 8.44. The van der Waals surface area contributed by atoms with Crippen molar-refractivity contribution in [2.45, 2.75) is 261 Å². The zero-order chi connectivity index (χ0) is 52.4. The van der Waals surface area contributed by atoms with Crippen molar-refractivity contribution in [3.05, 3.63) is 60.8 Å². The summed E-state index contributed by atoms with van der Waals surface area (Å²) in [5.41, 5.74) is 0. The van der Waals surface area contributed by atoms with Gasteiger partial charge in [-0.15, -0.1) is 0 Å². The molecule has 0 aromatic carbocycles. The first-order valence-electron chi connectivity index (χ1n) is 27.9. The number of carbonyl (C=O) groups excluding carboxylic acids is 2. The molecule has 15 heteroatoms. The van der Waals surface area contributed by atoms with E-state index in [1.165, 1.54) is 96.3 Å². The van der Waals surface area contributed by atoms with Crippen molar-refractivity contribution in [2.24, 2.45) is 0 Å². The molecule has 0 radical (unpaired) electrons. The Morgan fingerprint density at radius 1 is 0.458 bits per heavy atom. The predicted molar refractivity (Wildman–Crippen MR) is 280 cm³/mol. The van der Waals surface area contributed by atoms with Gasteiger partial charge in [-0.3, -0.25) is 9.59 Å². The Morgan fingerprint density at radius 2 is 0.875 bits per heavy atom. The second-order valence-corrected chi connectivity index (χ2v) is 19.4. The molecule has 0 bridgehead atoms. The zero-order valence-electron chi connectivity index (χ0n) is 44.1. The van der Waals surface area contributed by atoms with Crippen molar-refractivity contribution in [1.29, 1.82) is 0 Å². The van der Waals surface area contributed by atoms with Gasteiger partial charge in [-0.25, -0.2) is 0 Å². The van der Waals surface area contributed by atoms with Crippen LogP contribution in [0.2, 0.25) is 0 Å². The van der Waals surface area contributed by atoms with Crippen molar-refractivity contribution in [3.63, 3.8) is 0 Å². The molecule has 0 saturated carbocycles. The molecule has 2 fully saturated rings. The molecule has 0 aromatic heterocycles. The molecule has 2 heterocycles. The number of aliphatic hydroxyl groups excluding tert-OH is 7. The molecule has 416 valence electrons. The molecule has 15 nitrogen and oxygen atoms in total. The van der Waals surface area contributed by atoms with Gasteiger partial charge >= 0.3 is 11.9 Å². The highest BCUT2D eigenvalue weighted by molar-refractivity contribution is 5.70. The highest BCUT2D eigenvalue weighted by Crippen LogP contribution is 2.26. The lowest BCUT2D eigenvalue weighted by Crippen LogP contribution is -2.61. The number of esters is 2. The number of allylic oxidation sites excluding steroid dienone is 10. The molecule has 2 aliphatic rings. The third kappa shape index (κ3) is 30.5. The van der Waals surface area contributed by atoms with E-state index in [9.17, 15) is 45.3 Å². The largest absolute Gasteiger partial charge is 0.462 e. The van der Waals surface area contributed by atoms with Crippen molar-refractivity contribution < 1.29 is 73.8 Å². The van der Waals surface area contributed by atoms with Crippen LogP contribution in [0.25, 0.3) is 0 Å². The molecule has 2 saturated heterocycles. The predicted octanol–water partition coefficient (Wildman–Crippen LogP) is 8.83. The fraction of sp³-hybridized carbons (Fsp3) is 0.789. The van der Waals surface area contributed by atoms with Gasteiger partial charge < -0.3 is 64.2 Å². The highest BCUT2D eigenvalue weighted by Gasteiger charge is 2.47. The number of hydrogen-bond acceptors (Lipinski definition) is 15. The Bertz CT molecular complexity index is 1480. The molecule has 11 atom stereocenters. The molecule has 72 heavy (non-hydrogen) atoms. The SMILES string of the molecule is CC/C=C/C/C=C/C/C=C/C/C=C/CCCCC(=O)OC[C@H](CO[C@H]1O[C@@H](CO[C@H]2O[C@@H](CO)[C@@H](O)C(O)C2O)[C@@H](O)C(O)C1O)OC(=O)CCCCCCCCCCCCC/C=C/CCCCCCCC. The molecule has 0 aromatic rings. The summed E-state index contributed by atoms with van der Waals surface area (Å²) >= 11 is 0. The lowest BCUT2D eigenvalue weighted by Gasteiger charge is -2.42. The molecular weight excluding hydrogens is 925 g/mol. The zero-order valence-corrected chi connectivity index (χ0v) is 44.1. The van der Waals surface area contributed by atoms with Crippen LogP contribution in [0.4, 0.5) is 0 Å². The van der Waals surface area contributed by atoms with Crippen molar-refractivity contribution >= 4 is 11.9 Å². The third-order valence-corrected chi connectivity index (χ3v) is 13.0. The number of hydrogen-bond donors (Lipinski definition) is 7. The summed E-state index contributed by atoms with van der Waals surface area (Å²) in [6.07, 6.45) is 33.9. The summed E-state index contributed by atoms with van der Waals surface area (Å²) in [4.78, 5) is 25.8. The van der Waals surface area contributed by atoms with Crippen LogP contribution in [-0.2, 0) is 38.0 Å². The van der Waals surface area contributed by atoms with E-state index in [1.54, 1.807) is 0 Å². The Hall–Kier alpha value is -2.80. The smallest absolute Gasteiger partial charge is 0.306 e. The van der Waals surface area contributed by atoms with E-state index in [4.69, 9.17) is 28.4 Å². The fourth-order valence-electron chi connectivity index (χ4n) is 8.44. The number of unbranched alkanes of at least 4 members (excludes halogenated alkanes) is 19. The van der Waals surface area contributed by atoms with Gasteiger partial charge in [0.15, 0.2) is 18.7 Å². The van der Waals surface area contributed by atoms with Crippen LogP contribution in [0, 0.1) is 0 Å². The maximum absolute atomic E-state index is 13.1. The third-order valence-electron chi connectivity index (χ3n) is 13.0. The summed E-state index contributed by atoms with van der Waals surface area (Å²) in [6, 6.07) is 0. The summed E-state index contributed by atoms with van der Waals surface area (Å²) < 4.78 is 33.6. The van der Waals surface area contributed by atoms with E-state index in [1.807, 2.05) is 0 Å². The van der Waals surface area contributed by atoms with Crippen LogP contribution in [0.15, 0.2) is 60.8 Å². The standard InChI is InChI=1S/C57H98O15/c1-3-5-7-9-11-13-15-17-19-20-21-22-23-24-26-28-30-32-34-36-38-40-49(60)70-45(42-67-48(59)39-37-35-33-31-29-27-25-18-16-14-12-10-8-6-4-2)43-68-56-55(66)53(64)51(62)47(72-56)44-69-57-54(65)52(63)50(61)46(41-58)71-57/h6,8,12,14,17-19,25,29,31,45-47,50-58,61-66H,3-5,7,9-11,13,15-16,20-24,26-28,30,32-44H2,1-2H3/b8-6+,14-12+,19-17+,25-18+,31-29+/t45-,46+,47+,50-,51-,52?,53?,54?,55?,56+,57+/m1/s1. The molecule has 0 spiro atoms. The van der Waals surface area contributed by atoms with Crippen LogP contribution in [-0.4, -0.2) is 142 Å². The maximum Gasteiger partial charge on any atom is 0.306 e. The van der Waals surface area contributed by atoms with Gasteiger partial charge in [0, 0.05) is 12.8 Å². The van der Waals surface area contributed by atoms with Gasteiger partial charge in [-0.05, 0) is 77.0 Å². The number of ether oxygens (including phenoxy) is 6. The first-order valence-corrected chi connectivity index (χ1v) is 27.9. The van der Waals surface area contributed by atoms with Crippen LogP contribution in [0.3, 0.4) is 0 Å². The molecule has 2 aliphatic heterocycles. The van der Waals surface area contributed by atoms with E-state index < -0.39 is 99.3 Å². The normalized spacial score (nSPS) is 25.5. The molecular formula is C57H98O15. The van der Waals surface area contributed by atoms with Crippen molar-refractivity contribution in [3.8, 4) is 0 Å². The van der Waals surface area contributed by atoms with Gasteiger partial charge in [0.1, 0.15) is 55.4 Å².